The number of oxazole rings is 1. The summed E-state index contributed by atoms with van der Waals surface area (Å²) in [4.78, 5) is 50.8. The van der Waals surface area contributed by atoms with Crippen LogP contribution in [0, 0.1) is 16.0 Å². The fourth-order valence-electron chi connectivity index (χ4n) is 4.02. The highest BCUT2D eigenvalue weighted by Crippen LogP contribution is 2.28. The van der Waals surface area contributed by atoms with E-state index in [4.69, 9.17) is 4.42 Å². The maximum absolute atomic E-state index is 12.5. The van der Waals surface area contributed by atoms with Crippen molar-refractivity contribution in [1.82, 2.24) is 14.4 Å². The minimum atomic E-state index is -0.596. The van der Waals surface area contributed by atoms with Crippen LogP contribution in [-0.4, -0.2) is 57.3 Å². The van der Waals surface area contributed by atoms with Crippen LogP contribution in [0.5, 0.6) is 0 Å². The number of non-ortho nitro benzene ring substituents is 1. The predicted molar refractivity (Wildman–Crippen MR) is 107 cm³/mol. The van der Waals surface area contributed by atoms with Crippen LogP contribution in [0.2, 0.25) is 0 Å². The van der Waals surface area contributed by atoms with Gasteiger partial charge in [-0.15, -0.1) is 0 Å². The van der Waals surface area contributed by atoms with Crippen molar-refractivity contribution in [3.63, 3.8) is 0 Å². The highest BCUT2D eigenvalue weighted by atomic mass is 16.6. The van der Waals surface area contributed by atoms with Crippen molar-refractivity contribution in [3.05, 3.63) is 38.9 Å². The molecule has 10 nitrogen and oxygen atoms in total. The minimum absolute atomic E-state index is 0.00207. The van der Waals surface area contributed by atoms with Gasteiger partial charge < -0.3 is 14.2 Å². The van der Waals surface area contributed by atoms with E-state index in [9.17, 15) is 24.5 Å². The molecule has 1 saturated heterocycles. The standard InChI is InChI=1S/C20H24N4O6/c25-18(21-9-11-22(12-10-21)19(26)14-3-1-4-14)5-2-8-23-16-7-6-15(24(28)29)13-17(16)30-20(23)27/h6-7,13-14H,1-5,8-12H2. The Balaban J connectivity index is 1.29. The number of aromatic nitrogens is 1. The van der Waals surface area contributed by atoms with Crippen LogP contribution in [0.15, 0.2) is 27.4 Å². The van der Waals surface area contributed by atoms with Gasteiger partial charge in [0, 0.05) is 51.1 Å². The molecule has 0 radical (unpaired) electrons. The Kier molecular flexibility index (Phi) is 5.56. The van der Waals surface area contributed by atoms with Gasteiger partial charge in [0.05, 0.1) is 16.5 Å². The number of amides is 2. The topological polar surface area (TPSA) is 119 Å². The van der Waals surface area contributed by atoms with Crippen LogP contribution in [0.25, 0.3) is 11.1 Å². The van der Waals surface area contributed by atoms with Crippen molar-refractivity contribution in [3.8, 4) is 0 Å². The summed E-state index contributed by atoms with van der Waals surface area (Å²) in [6.45, 7) is 2.51. The van der Waals surface area contributed by atoms with Gasteiger partial charge in [-0.3, -0.25) is 24.3 Å². The molecule has 1 aliphatic heterocycles. The molecule has 0 N–H and O–H groups in total. The fourth-order valence-corrected chi connectivity index (χ4v) is 4.02. The van der Waals surface area contributed by atoms with E-state index in [1.807, 2.05) is 4.90 Å². The van der Waals surface area contributed by atoms with Gasteiger partial charge in [0.25, 0.3) is 5.69 Å². The lowest BCUT2D eigenvalue weighted by Crippen LogP contribution is -2.52. The fraction of sp³-hybridized carbons (Fsp3) is 0.550. The molecule has 2 amide bonds. The van der Waals surface area contributed by atoms with Gasteiger partial charge in [-0.2, -0.15) is 0 Å². The lowest BCUT2D eigenvalue weighted by atomic mass is 9.84. The number of carbonyl (C=O) groups excluding carboxylic acids is 2. The summed E-state index contributed by atoms with van der Waals surface area (Å²) >= 11 is 0. The van der Waals surface area contributed by atoms with Gasteiger partial charge in [-0.25, -0.2) is 4.79 Å². The molecule has 0 unspecified atom stereocenters. The van der Waals surface area contributed by atoms with Crippen molar-refractivity contribution < 1.29 is 18.9 Å². The summed E-state index contributed by atoms with van der Waals surface area (Å²) < 4.78 is 6.49. The Labute approximate surface area is 172 Å². The molecule has 1 aliphatic carbocycles. The average molecular weight is 416 g/mol. The van der Waals surface area contributed by atoms with Gasteiger partial charge in [-0.05, 0) is 25.3 Å². The molecular formula is C20H24N4O6. The van der Waals surface area contributed by atoms with Crippen LogP contribution in [0.4, 0.5) is 5.69 Å². The third-order valence-corrected chi connectivity index (χ3v) is 6.03. The summed E-state index contributed by atoms with van der Waals surface area (Å²) in [5.41, 5.74) is 0.488. The maximum atomic E-state index is 12.5. The van der Waals surface area contributed by atoms with Gasteiger partial charge in [0.15, 0.2) is 5.58 Å². The Bertz CT molecular complexity index is 1030. The molecule has 2 aromatic rings. The first-order valence-corrected chi connectivity index (χ1v) is 10.3. The van der Waals surface area contributed by atoms with E-state index in [0.29, 0.717) is 38.1 Å². The summed E-state index contributed by atoms with van der Waals surface area (Å²) in [6, 6.07) is 4.03. The molecule has 1 aromatic heterocycles. The third kappa shape index (κ3) is 3.94. The maximum Gasteiger partial charge on any atom is 0.419 e. The molecule has 2 fully saturated rings. The molecule has 0 atom stereocenters. The third-order valence-electron chi connectivity index (χ3n) is 6.03. The molecule has 10 heteroatoms. The lowest BCUT2D eigenvalue weighted by Gasteiger charge is -2.38. The second-order valence-electron chi connectivity index (χ2n) is 7.87. The number of benzene rings is 1. The van der Waals surface area contributed by atoms with E-state index in [2.05, 4.69) is 0 Å². The number of hydrogen-bond acceptors (Lipinski definition) is 6. The zero-order valence-electron chi connectivity index (χ0n) is 16.6. The van der Waals surface area contributed by atoms with E-state index in [1.165, 1.54) is 22.8 Å². The molecule has 1 aromatic carbocycles. The second kappa shape index (κ2) is 8.29. The number of nitro groups is 1. The lowest BCUT2D eigenvalue weighted by molar-refractivity contribution is -0.384. The zero-order valence-corrected chi connectivity index (χ0v) is 16.6. The average Bonchev–Trinajstić information content (AvgIpc) is 3.01. The van der Waals surface area contributed by atoms with Gasteiger partial charge in [0.1, 0.15) is 0 Å². The highest BCUT2D eigenvalue weighted by molar-refractivity contribution is 5.80. The van der Waals surface area contributed by atoms with E-state index >= 15 is 0 Å². The molecule has 2 heterocycles. The first-order chi connectivity index (χ1) is 14.4. The van der Waals surface area contributed by atoms with Crippen molar-refractivity contribution >= 4 is 28.6 Å². The summed E-state index contributed by atoms with van der Waals surface area (Å²) in [5, 5.41) is 10.9. The Morgan fingerprint density at radius 3 is 2.47 bits per heavy atom. The van der Waals surface area contributed by atoms with E-state index < -0.39 is 10.7 Å². The number of hydrogen-bond donors (Lipinski definition) is 0. The molecule has 1 saturated carbocycles. The minimum Gasteiger partial charge on any atom is -0.407 e. The molecule has 0 spiro atoms. The van der Waals surface area contributed by atoms with Gasteiger partial charge in [-0.1, -0.05) is 6.42 Å². The van der Waals surface area contributed by atoms with Gasteiger partial charge in [0.2, 0.25) is 11.8 Å². The smallest absolute Gasteiger partial charge is 0.407 e. The van der Waals surface area contributed by atoms with Gasteiger partial charge >= 0.3 is 5.76 Å². The van der Waals surface area contributed by atoms with Crippen molar-refractivity contribution in [2.45, 2.75) is 38.6 Å². The second-order valence-corrected chi connectivity index (χ2v) is 7.87. The monoisotopic (exact) mass is 416 g/mol. The quantitative estimate of drug-likeness (QED) is 0.523. The molecule has 30 heavy (non-hydrogen) atoms. The summed E-state index contributed by atoms with van der Waals surface area (Å²) in [7, 11) is 0. The molecule has 2 aliphatic rings. The van der Waals surface area contributed by atoms with Crippen molar-refractivity contribution in [2.24, 2.45) is 5.92 Å². The van der Waals surface area contributed by atoms with Crippen molar-refractivity contribution in [2.75, 3.05) is 26.2 Å². The largest absolute Gasteiger partial charge is 0.419 e. The Morgan fingerprint density at radius 1 is 1.13 bits per heavy atom. The Morgan fingerprint density at radius 2 is 1.83 bits per heavy atom. The number of carbonyl (C=O) groups is 2. The predicted octanol–water partition coefficient (Wildman–Crippen LogP) is 1.75. The number of nitrogens with zero attached hydrogens (tertiary/aromatic N) is 4. The molecule has 4 rings (SSSR count). The Hall–Kier alpha value is -3.17. The van der Waals surface area contributed by atoms with E-state index in [1.54, 1.807) is 4.90 Å². The van der Waals surface area contributed by atoms with Crippen LogP contribution in [-0.2, 0) is 16.1 Å². The molecular weight excluding hydrogens is 392 g/mol. The normalized spacial score (nSPS) is 17.2. The number of fused-ring (bicyclic) bond motifs is 1. The molecule has 160 valence electrons. The zero-order chi connectivity index (χ0) is 21.3. The van der Waals surface area contributed by atoms with Crippen molar-refractivity contribution in [1.29, 1.82) is 0 Å². The first-order valence-electron chi connectivity index (χ1n) is 10.3. The number of piperazine rings is 1. The SMILES string of the molecule is O=C(CCCn1c(=O)oc2cc([N+](=O)[O-])ccc21)N1CCN(C(=O)C2CCC2)CC1. The summed E-state index contributed by atoms with van der Waals surface area (Å²) in [5.74, 6) is -0.195. The number of aryl methyl sites for hydroxylation is 1. The number of rotatable bonds is 6. The highest BCUT2D eigenvalue weighted by Gasteiger charge is 2.31. The van der Waals surface area contributed by atoms with E-state index in [0.717, 1.165) is 19.3 Å². The van der Waals surface area contributed by atoms with Crippen LogP contribution < -0.4 is 5.76 Å². The number of nitro benzene ring substituents is 1. The summed E-state index contributed by atoms with van der Waals surface area (Å²) in [6.07, 6.45) is 3.82. The van der Waals surface area contributed by atoms with Crippen LogP contribution in [0.1, 0.15) is 32.1 Å². The van der Waals surface area contributed by atoms with Crippen LogP contribution >= 0.6 is 0 Å². The first kappa shape index (κ1) is 20.1. The van der Waals surface area contributed by atoms with Crippen LogP contribution in [0.3, 0.4) is 0 Å². The van der Waals surface area contributed by atoms with E-state index in [-0.39, 0.29) is 42.0 Å². The molecule has 0 bridgehead atoms.